The van der Waals surface area contributed by atoms with Crippen molar-refractivity contribution < 1.29 is 19.7 Å². The van der Waals surface area contributed by atoms with Crippen molar-refractivity contribution in [2.75, 3.05) is 20.3 Å². The van der Waals surface area contributed by atoms with Crippen LogP contribution in [0.3, 0.4) is 0 Å². The van der Waals surface area contributed by atoms with Gasteiger partial charge in [0.1, 0.15) is 11.7 Å². The minimum Gasteiger partial charge on any atom is -0.393 e. The molecule has 0 amide bonds. The predicted molar refractivity (Wildman–Crippen MR) is 68.3 cm³/mol. The molecule has 0 aromatic carbocycles. The maximum Gasteiger partial charge on any atom is 0.330 e. The Morgan fingerprint density at radius 2 is 2.10 bits per heavy atom. The number of hydrogen-bond acceptors (Lipinski definition) is 6. The van der Waals surface area contributed by atoms with Crippen molar-refractivity contribution in [1.82, 2.24) is 9.55 Å². The van der Waals surface area contributed by atoms with Crippen LogP contribution >= 0.6 is 0 Å². The van der Waals surface area contributed by atoms with E-state index in [1.54, 1.807) is 6.92 Å². The van der Waals surface area contributed by atoms with Gasteiger partial charge in [-0.2, -0.15) is 0 Å². The highest BCUT2D eigenvalue weighted by Crippen LogP contribution is 2.41. The molecule has 1 aliphatic rings. The lowest BCUT2D eigenvalue weighted by Gasteiger charge is -2.28. The zero-order valence-electron chi connectivity index (χ0n) is 11.3. The molecule has 1 aromatic heterocycles. The number of aromatic nitrogens is 2. The van der Waals surface area contributed by atoms with E-state index in [0.29, 0.717) is 0 Å². The molecular weight excluding hydrogens is 268 g/mol. The Bertz CT molecular complexity index is 576. The molecule has 2 heterocycles. The van der Waals surface area contributed by atoms with Gasteiger partial charge < -0.3 is 19.7 Å². The number of aliphatic hydroxyl groups excluding tert-OH is 2. The zero-order valence-corrected chi connectivity index (χ0v) is 11.3. The van der Waals surface area contributed by atoms with Gasteiger partial charge in [0.25, 0.3) is 5.56 Å². The van der Waals surface area contributed by atoms with Gasteiger partial charge in [0, 0.05) is 25.3 Å². The van der Waals surface area contributed by atoms with Gasteiger partial charge in [-0.25, -0.2) is 4.79 Å². The Balaban J connectivity index is 2.46. The first kappa shape index (κ1) is 14.9. The van der Waals surface area contributed by atoms with E-state index in [9.17, 15) is 19.8 Å². The van der Waals surface area contributed by atoms with Crippen LogP contribution in [0.5, 0.6) is 0 Å². The number of ether oxygens (including phenoxy) is 2. The summed E-state index contributed by atoms with van der Waals surface area (Å²) in [6.07, 6.45) is -0.0772. The Hall–Kier alpha value is -1.48. The fourth-order valence-corrected chi connectivity index (χ4v) is 2.54. The maximum atomic E-state index is 11.8. The third-order valence-electron chi connectivity index (χ3n) is 3.89. The van der Waals surface area contributed by atoms with E-state index in [-0.39, 0.29) is 5.92 Å². The molecule has 1 fully saturated rings. The van der Waals surface area contributed by atoms with Crippen LogP contribution in [0.25, 0.3) is 0 Å². The number of H-pyrrole nitrogens is 1. The molecule has 1 aromatic rings. The second-order valence-corrected chi connectivity index (χ2v) is 4.90. The first-order valence-electron chi connectivity index (χ1n) is 6.23. The van der Waals surface area contributed by atoms with E-state index in [0.717, 1.165) is 0 Å². The van der Waals surface area contributed by atoms with E-state index < -0.39 is 42.4 Å². The molecular formula is C12H18N2O6. The minimum atomic E-state index is -1.19. The SMILES string of the molecule is COC1C(n2ccc(=O)[nH]c2=O)OC(CO)(CO)C1C. The fourth-order valence-electron chi connectivity index (χ4n) is 2.54. The van der Waals surface area contributed by atoms with Crippen LogP contribution in [0.2, 0.25) is 0 Å². The van der Waals surface area contributed by atoms with Crippen LogP contribution in [0, 0.1) is 5.92 Å². The zero-order chi connectivity index (χ0) is 14.9. The molecule has 0 radical (unpaired) electrons. The van der Waals surface area contributed by atoms with E-state index in [2.05, 4.69) is 4.98 Å². The Labute approximate surface area is 114 Å². The molecule has 3 atom stereocenters. The molecule has 1 aliphatic heterocycles. The molecule has 112 valence electrons. The molecule has 0 aliphatic carbocycles. The molecule has 8 nitrogen and oxygen atoms in total. The summed E-state index contributed by atoms with van der Waals surface area (Å²) in [5.74, 6) is -0.341. The van der Waals surface area contributed by atoms with Gasteiger partial charge in [0.15, 0.2) is 6.23 Å². The average Bonchev–Trinajstić information content (AvgIpc) is 2.71. The molecule has 2 rings (SSSR count). The van der Waals surface area contributed by atoms with Crippen LogP contribution in [0.1, 0.15) is 13.2 Å². The Kier molecular flexibility index (Phi) is 4.09. The second-order valence-electron chi connectivity index (χ2n) is 4.90. The van der Waals surface area contributed by atoms with Crippen LogP contribution < -0.4 is 11.2 Å². The van der Waals surface area contributed by atoms with Crippen molar-refractivity contribution in [1.29, 1.82) is 0 Å². The summed E-state index contributed by atoms with van der Waals surface area (Å²) in [5, 5.41) is 19.0. The number of aliphatic hydroxyl groups is 2. The summed E-state index contributed by atoms with van der Waals surface area (Å²) < 4.78 is 12.2. The summed E-state index contributed by atoms with van der Waals surface area (Å²) in [4.78, 5) is 25.1. The van der Waals surface area contributed by atoms with Crippen LogP contribution in [0.4, 0.5) is 0 Å². The highest BCUT2D eigenvalue weighted by atomic mass is 16.6. The van der Waals surface area contributed by atoms with Crippen molar-refractivity contribution >= 4 is 0 Å². The van der Waals surface area contributed by atoms with Crippen LogP contribution in [-0.4, -0.2) is 51.8 Å². The van der Waals surface area contributed by atoms with E-state index in [1.165, 1.54) is 23.9 Å². The molecule has 8 heteroatoms. The molecule has 3 N–H and O–H groups in total. The minimum absolute atomic E-state index is 0.341. The van der Waals surface area contributed by atoms with Crippen molar-refractivity contribution in [3.05, 3.63) is 33.1 Å². The van der Waals surface area contributed by atoms with Gasteiger partial charge in [-0.3, -0.25) is 14.3 Å². The van der Waals surface area contributed by atoms with Gasteiger partial charge in [0.2, 0.25) is 0 Å². The van der Waals surface area contributed by atoms with Crippen molar-refractivity contribution in [2.24, 2.45) is 5.92 Å². The van der Waals surface area contributed by atoms with Gasteiger partial charge in [0.05, 0.1) is 13.2 Å². The number of aromatic amines is 1. The fraction of sp³-hybridized carbons (Fsp3) is 0.667. The van der Waals surface area contributed by atoms with Gasteiger partial charge in [-0.1, -0.05) is 6.92 Å². The Morgan fingerprint density at radius 3 is 2.60 bits per heavy atom. The summed E-state index contributed by atoms with van der Waals surface area (Å²) in [6, 6.07) is 1.19. The number of nitrogens with zero attached hydrogens (tertiary/aromatic N) is 1. The third kappa shape index (κ3) is 2.20. The second kappa shape index (κ2) is 5.49. The predicted octanol–water partition coefficient (Wildman–Crippen LogP) is -1.56. The van der Waals surface area contributed by atoms with Crippen molar-refractivity contribution in [3.63, 3.8) is 0 Å². The van der Waals surface area contributed by atoms with Crippen LogP contribution in [0.15, 0.2) is 21.9 Å². The molecule has 1 saturated heterocycles. The van der Waals surface area contributed by atoms with Crippen molar-refractivity contribution in [2.45, 2.75) is 24.9 Å². The van der Waals surface area contributed by atoms with E-state index >= 15 is 0 Å². The lowest BCUT2D eigenvalue weighted by atomic mass is 9.88. The smallest absolute Gasteiger partial charge is 0.330 e. The first-order valence-corrected chi connectivity index (χ1v) is 6.23. The largest absolute Gasteiger partial charge is 0.393 e. The molecule has 0 spiro atoms. The van der Waals surface area contributed by atoms with Gasteiger partial charge in [-0.15, -0.1) is 0 Å². The van der Waals surface area contributed by atoms with Crippen LogP contribution in [-0.2, 0) is 9.47 Å². The lowest BCUT2D eigenvalue weighted by molar-refractivity contribution is -0.138. The molecule has 3 unspecified atom stereocenters. The van der Waals surface area contributed by atoms with E-state index in [4.69, 9.17) is 9.47 Å². The molecule has 0 saturated carbocycles. The number of hydrogen-bond donors (Lipinski definition) is 3. The summed E-state index contributed by atoms with van der Waals surface area (Å²) in [6.45, 7) is 0.954. The standard InChI is InChI=1S/C12H18N2O6/c1-7-9(19-2)10(20-12(7,5-15)6-16)14-4-3-8(17)13-11(14)18/h3-4,7,9-10,15-16H,5-6H2,1-2H3,(H,13,17,18). The summed E-state index contributed by atoms with van der Waals surface area (Å²) >= 11 is 0. The molecule has 0 bridgehead atoms. The highest BCUT2D eigenvalue weighted by Gasteiger charge is 2.53. The number of methoxy groups -OCH3 is 1. The monoisotopic (exact) mass is 286 g/mol. The quantitative estimate of drug-likeness (QED) is 0.617. The van der Waals surface area contributed by atoms with Gasteiger partial charge in [-0.05, 0) is 0 Å². The summed E-state index contributed by atoms with van der Waals surface area (Å²) in [5.41, 5.74) is -2.34. The normalized spacial score (nSPS) is 28.7. The average molecular weight is 286 g/mol. The van der Waals surface area contributed by atoms with Gasteiger partial charge >= 0.3 is 5.69 Å². The summed E-state index contributed by atoms with van der Waals surface area (Å²) in [7, 11) is 1.46. The van der Waals surface area contributed by atoms with E-state index in [1.807, 2.05) is 0 Å². The third-order valence-corrected chi connectivity index (χ3v) is 3.89. The number of nitrogens with one attached hydrogen (secondary N) is 1. The first-order chi connectivity index (χ1) is 9.49. The lowest BCUT2D eigenvalue weighted by Crippen LogP contribution is -2.44. The topological polar surface area (TPSA) is 114 Å². The van der Waals surface area contributed by atoms with Crippen molar-refractivity contribution in [3.8, 4) is 0 Å². The number of rotatable bonds is 4. The Morgan fingerprint density at radius 1 is 1.45 bits per heavy atom. The maximum absolute atomic E-state index is 11.8. The molecule has 20 heavy (non-hydrogen) atoms. The highest BCUT2D eigenvalue weighted by molar-refractivity contribution is 5.00.